The van der Waals surface area contributed by atoms with Crippen molar-refractivity contribution in [1.29, 1.82) is 0 Å². The van der Waals surface area contributed by atoms with Crippen LogP contribution in [-0.2, 0) is 25.1 Å². The molecule has 0 fully saturated rings. The van der Waals surface area contributed by atoms with Gasteiger partial charge in [-0.3, -0.25) is 14.3 Å². The molecule has 0 aliphatic heterocycles. The average Bonchev–Trinajstić information content (AvgIpc) is 2.93. The highest BCUT2D eigenvalue weighted by molar-refractivity contribution is 7.52. The fraction of sp³-hybridized carbons (Fsp3) is 0.583. The van der Waals surface area contributed by atoms with Crippen LogP contribution >= 0.6 is 7.60 Å². The Morgan fingerprint density at radius 1 is 1.54 bits per heavy atom. The number of hydrogen-bond donors (Lipinski definition) is 3. The molecular formula is C12H20N5O6P. The van der Waals surface area contributed by atoms with Crippen LogP contribution in [0.25, 0.3) is 11.2 Å². The summed E-state index contributed by atoms with van der Waals surface area (Å²) >= 11 is 0. The van der Waals surface area contributed by atoms with E-state index in [4.69, 9.17) is 15.2 Å². The number of ether oxygens (including phenoxy) is 2. The highest BCUT2D eigenvalue weighted by Crippen LogP contribution is 2.40. The molecule has 12 heteroatoms. The Hall–Kier alpha value is -1.78. The molecule has 134 valence electrons. The van der Waals surface area contributed by atoms with Gasteiger partial charge in [0.15, 0.2) is 11.2 Å². The molecule has 2 aromatic rings. The van der Waals surface area contributed by atoms with Crippen LogP contribution in [0.4, 0.5) is 5.95 Å². The van der Waals surface area contributed by atoms with Crippen molar-refractivity contribution in [2.24, 2.45) is 0 Å². The van der Waals surface area contributed by atoms with Crippen molar-refractivity contribution in [3.63, 3.8) is 0 Å². The first-order chi connectivity index (χ1) is 11.4. The lowest BCUT2D eigenvalue weighted by Gasteiger charge is -2.19. The van der Waals surface area contributed by atoms with Crippen LogP contribution in [0.3, 0.4) is 0 Å². The summed E-state index contributed by atoms with van der Waals surface area (Å²) in [4.78, 5) is 31.6. The molecule has 0 saturated carbocycles. The van der Waals surface area contributed by atoms with E-state index in [1.165, 1.54) is 6.33 Å². The number of nitrogens with zero attached hydrogens (tertiary/aromatic N) is 3. The minimum absolute atomic E-state index is 0.0317. The summed E-state index contributed by atoms with van der Waals surface area (Å²) in [6.45, 7) is 2.66. The van der Waals surface area contributed by atoms with Crippen LogP contribution in [0.1, 0.15) is 6.92 Å². The number of fused-ring (bicyclic) bond motifs is 1. The molecule has 0 aliphatic rings. The quantitative estimate of drug-likeness (QED) is 0.520. The molecule has 11 nitrogen and oxygen atoms in total. The number of nitrogen functional groups attached to an aromatic ring is 1. The van der Waals surface area contributed by atoms with E-state index in [0.29, 0.717) is 12.3 Å². The summed E-state index contributed by atoms with van der Waals surface area (Å²) in [5.41, 5.74) is 5.54. The molecule has 0 aromatic carbocycles. The second-order valence-electron chi connectivity index (χ2n) is 4.92. The number of aromatic amines is 1. The lowest BCUT2D eigenvalue weighted by Crippen LogP contribution is -2.26. The molecule has 4 N–H and O–H groups in total. The van der Waals surface area contributed by atoms with Gasteiger partial charge < -0.3 is 29.2 Å². The van der Waals surface area contributed by atoms with E-state index in [1.54, 1.807) is 4.57 Å². The highest BCUT2D eigenvalue weighted by Gasteiger charge is 2.22. The van der Waals surface area contributed by atoms with Crippen LogP contribution in [0.2, 0.25) is 0 Å². The van der Waals surface area contributed by atoms with Gasteiger partial charge in [0.25, 0.3) is 5.56 Å². The maximum atomic E-state index is 11.8. The minimum atomic E-state index is -3.81. The Balaban J connectivity index is 2.19. The van der Waals surface area contributed by atoms with Crippen LogP contribution in [-0.4, -0.2) is 57.2 Å². The lowest BCUT2D eigenvalue weighted by molar-refractivity contribution is -0.00893. The van der Waals surface area contributed by atoms with Crippen LogP contribution in [0.5, 0.6) is 0 Å². The third-order valence-electron chi connectivity index (χ3n) is 3.16. The summed E-state index contributed by atoms with van der Waals surface area (Å²) in [6, 6.07) is 0. The number of anilines is 1. The fourth-order valence-corrected chi connectivity index (χ4v) is 2.48. The predicted molar refractivity (Wildman–Crippen MR) is 85.6 cm³/mol. The van der Waals surface area contributed by atoms with Gasteiger partial charge in [-0.05, 0) is 6.92 Å². The topological polar surface area (TPSA) is 155 Å². The largest absolute Gasteiger partial charge is 0.379 e. The van der Waals surface area contributed by atoms with Gasteiger partial charge in [-0.1, -0.05) is 0 Å². The van der Waals surface area contributed by atoms with Crippen LogP contribution in [0, 0.1) is 0 Å². The molecule has 1 unspecified atom stereocenters. The van der Waals surface area contributed by atoms with Gasteiger partial charge in [-0.2, -0.15) is 4.98 Å². The standard InChI is InChI=1S/C12H20N5O6P/c1-3-22-5-8(23-7-24(19,20)21-2)4-17-6-14-9-10(17)15-12(13)16-11(9)18/h6,8H,3-5,7H2,1-2H3,(H,19,20)(H3,13,15,16,18)/t8-/m0/s1. The molecule has 0 amide bonds. The van der Waals surface area contributed by atoms with E-state index >= 15 is 0 Å². The second-order valence-corrected chi connectivity index (χ2v) is 6.82. The Kier molecular flexibility index (Phi) is 6.08. The molecule has 0 aliphatic carbocycles. The maximum absolute atomic E-state index is 11.8. The van der Waals surface area contributed by atoms with Gasteiger partial charge in [0, 0.05) is 13.7 Å². The summed E-state index contributed by atoms with van der Waals surface area (Å²) in [5, 5.41) is 0. The van der Waals surface area contributed by atoms with Crippen molar-refractivity contribution in [2.45, 2.75) is 19.6 Å². The summed E-state index contributed by atoms with van der Waals surface area (Å²) < 4.78 is 28.3. The number of rotatable bonds is 9. The zero-order valence-electron chi connectivity index (χ0n) is 13.3. The van der Waals surface area contributed by atoms with Gasteiger partial charge in [0.05, 0.1) is 25.6 Å². The zero-order chi connectivity index (χ0) is 17.7. The van der Waals surface area contributed by atoms with Crippen molar-refractivity contribution >= 4 is 24.7 Å². The van der Waals surface area contributed by atoms with E-state index < -0.39 is 25.6 Å². The van der Waals surface area contributed by atoms with E-state index in [9.17, 15) is 14.3 Å². The molecule has 0 saturated heterocycles. The molecule has 0 bridgehead atoms. The van der Waals surface area contributed by atoms with Crippen molar-refractivity contribution in [1.82, 2.24) is 19.5 Å². The Bertz CT molecular complexity index is 790. The molecule has 2 atom stereocenters. The molecular weight excluding hydrogens is 341 g/mol. The minimum Gasteiger partial charge on any atom is -0.379 e. The second kappa shape index (κ2) is 7.86. The van der Waals surface area contributed by atoms with Crippen LogP contribution < -0.4 is 11.3 Å². The zero-order valence-corrected chi connectivity index (χ0v) is 14.2. The van der Waals surface area contributed by atoms with Gasteiger partial charge in [0.1, 0.15) is 6.35 Å². The number of aromatic nitrogens is 4. The van der Waals surface area contributed by atoms with Crippen molar-refractivity contribution in [3.05, 3.63) is 16.7 Å². The fourth-order valence-electron chi connectivity index (χ4n) is 1.98. The summed E-state index contributed by atoms with van der Waals surface area (Å²) in [7, 11) is -2.68. The number of H-pyrrole nitrogens is 1. The van der Waals surface area contributed by atoms with Crippen molar-refractivity contribution in [3.8, 4) is 0 Å². The highest BCUT2D eigenvalue weighted by atomic mass is 31.2. The van der Waals surface area contributed by atoms with Crippen LogP contribution in [0.15, 0.2) is 11.1 Å². The molecule has 2 heterocycles. The average molecular weight is 361 g/mol. The lowest BCUT2D eigenvalue weighted by atomic mass is 10.3. The predicted octanol–water partition coefficient (Wildman–Crippen LogP) is -0.0872. The van der Waals surface area contributed by atoms with E-state index in [0.717, 1.165) is 7.11 Å². The van der Waals surface area contributed by atoms with E-state index in [2.05, 4.69) is 19.5 Å². The first-order valence-corrected chi connectivity index (χ1v) is 8.90. The summed E-state index contributed by atoms with van der Waals surface area (Å²) in [6.07, 6.45) is 0.369. The number of nitrogens with one attached hydrogen (secondary N) is 1. The maximum Gasteiger partial charge on any atom is 0.353 e. The first kappa shape index (κ1) is 18.6. The summed E-state index contributed by atoms with van der Waals surface area (Å²) in [5.74, 6) is -0.0317. The van der Waals surface area contributed by atoms with Gasteiger partial charge >= 0.3 is 7.60 Å². The number of imidazole rings is 1. The van der Waals surface area contributed by atoms with Crippen molar-refractivity contribution in [2.75, 3.05) is 32.4 Å². The number of hydrogen-bond acceptors (Lipinski definition) is 8. The smallest absolute Gasteiger partial charge is 0.353 e. The molecule has 0 radical (unpaired) electrons. The Labute approximate surface area is 137 Å². The monoisotopic (exact) mass is 361 g/mol. The SMILES string of the molecule is CCOC[C@H](Cn1cnc2c(=O)[nH]c(N)nc21)OCP(=O)(O)OC. The van der Waals surface area contributed by atoms with Gasteiger partial charge in [-0.15, -0.1) is 0 Å². The normalized spacial score (nSPS) is 15.5. The van der Waals surface area contributed by atoms with Gasteiger partial charge in [0.2, 0.25) is 5.95 Å². The molecule has 24 heavy (non-hydrogen) atoms. The number of nitrogens with two attached hydrogens (primary N) is 1. The van der Waals surface area contributed by atoms with Crippen molar-refractivity contribution < 1.29 is 23.5 Å². The molecule has 2 rings (SSSR count). The Morgan fingerprint density at radius 3 is 2.96 bits per heavy atom. The molecule has 2 aromatic heterocycles. The third-order valence-corrected chi connectivity index (χ3v) is 4.21. The Morgan fingerprint density at radius 2 is 2.29 bits per heavy atom. The first-order valence-electron chi connectivity index (χ1n) is 7.13. The van der Waals surface area contributed by atoms with Gasteiger partial charge in [-0.25, -0.2) is 4.98 Å². The van der Waals surface area contributed by atoms with E-state index in [1.807, 2.05) is 6.92 Å². The molecule has 0 spiro atoms. The van der Waals surface area contributed by atoms with E-state index in [-0.39, 0.29) is 24.6 Å². The third kappa shape index (κ3) is 4.62.